The number of esters is 1. The van der Waals surface area contributed by atoms with Gasteiger partial charge in [0.2, 0.25) is 0 Å². The van der Waals surface area contributed by atoms with Crippen LogP contribution in [0.5, 0.6) is 0 Å². The van der Waals surface area contributed by atoms with Crippen molar-refractivity contribution >= 4 is 5.97 Å². The minimum Gasteiger partial charge on any atom is -0.462 e. The molecule has 0 aliphatic carbocycles. The Morgan fingerprint density at radius 3 is 1.16 bits per heavy atom. The summed E-state index contributed by atoms with van der Waals surface area (Å²) in [5.41, 5.74) is 0. The monoisotopic (exact) mass is 628 g/mol. The van der Waals surface area contributed by atoms with Crippen molar-refractivity contribution in [1.82, 2.24) is 5.32 Å². The lowest BCUT2D eigenvalue weighted by molar-refractivity contribution is -0.150. The molecule has 3 heteroatoms. The number of carbonyl (C=O) groups excluding carboxylic acids is 1. The Morgan fingerprint density at radius 1 is 0.489 bits per heavy atom. The summed E-state index contributed by atoms with van der Waals surface area (Å²) in [5.74, 6) is -0.0138. The van der Waals surface area contributed by atoms with Crippen LogP contribution in [0.2, 0.25) is 0 Å². The van der Waals surface area contributed by atoms with Gasteiger partial charge >= 0.3 is 5.97 Å². The molecule has 0 aliphatic heterocycles. The van der Waals surface area contributed by atoms with Crippen molar-refractivity contribution in [3.8, 4) is 0 Å². The number of unbranched alkanes of at least 4 members (excludes halogenated alkanes) is 18. The first-order valence-electron chi connectivity index (χ1n) is 19.7. The fourth-order valence-corrected chi connectivity index (χ4v) is 5.55. The van der Waals surface area contributed by atoms with Crippen molar-refractivity contribution in [2.45, 2.75) is 200 Å². The van der Waals surface area contributed by atoms with Gasteiger partial charge in [0.05, 0.1) is 0 Å². The maximum absolute atomic E-state index is 12.4. The van der Waals surface area contributed by atoms with Crippen LogP contribution in [0.4, 0.5) is 0 Å². The Hall–Kier alpha value is -1.61. The molecule has 0 aromatic carbocycles. The van der Waals surface area contributed by atoms with Crippen LogP contribution in [0.1, 0.15) is 194 Å². The van der Waals surface area contributed by atoms with Crippen LogP contribution in [0.15, 0.2) is 48.6 Å². The lowest BCUT2D eigenvalue weighted by Gasteiger charge is -2.18. The molecule has 0 radical (unpaired) electrons. The van der Waals surface area contributed by atoms with Crippen LogP contribution in [0, 0.1) is 0 Å². The van der Waals surface area contributed by atoms with E-state index in [0.717, 1.165) is 38.6 Å². The number of hydrogen-bond donors (Lipinski definition) is 1. The van der Waals surface area contributed by atoms with Gasteiger partial charge in [0.1, 0.15) is 6.10 Å². The van der Waals surface area contributed by atoms with Gasteiger partial charge in [-0.15, -0.1) is 0 Å². The molecular formula is C42H77NO2. The molecule has 0 unspecified atom stereocenters. The number of ether oxygens (including phenoxy) is 1. The lowest BCUT2D eigenvalue weighted by Crippen LogP contribution is -2.19. The zero-order chi connectivity index (χ0) is 32.7. The van der Waals surface area contributed by atoms with Crippen molar-refractivity contribution in [1.29, 1.82) is 0 Å². The van der Waals surface area contributed by atoms with Crippen molar-refractivity contribution in [3.63, 3.8) is 0 Å². The Morgan fingerprint density at radius 2 is 0.822 bits per heavy atom. The fraction of sp³-hybridized carbons (Fsp3) is 0.786. The summed E-state index contributed by atoms with van der Waals surface area (Å²) in [7, 11) is 1.93. The standard InChI is InChI=1S/C42H77NO2/c1-4-6-8-10-12-14-16-18-20-22-24-26-28-30-32-34-37-41(45-42(44)39-36-40-43-3)38-35-33-31-29-27-25-23-21-19-17-15-13-11-9-7-5-2/h12-15,24-27,41,43H,4-11,16-23,28-40H2,1-3H3/b14-12-,15-13-,26-24-,27-25-. The average Bonchev–Trinajstić information content (AvgIpc) is 3.04. The van der Waals surface area contributed by atoms with Crippen LogP contribution < -0.4 is 5.32 Å². The largest absolute Gasteiger partial charge is 0.462 e. The molecule has 0 saturated carbocycles. The average molecular weight is 628 g/mol. The molecule has 0 rings (SSSR count). The van der Waals surface area contributed by atoms with E-state index >= 15 is 0 Å². The summed E-state index contributed by atoms with van der Waals surface area (Å²) < 4.78 is 5.94. The third kappa shape index (κ3) is 36.7. The van der Waals surface area contributed by atoms with E-state index < -0.39 is 0 Å². The second-order valence-electron chi connectivity index (χ2n) is 13.0. The Bertz CT molecular complexity index is 659. The highest BCUT2D eigenvalue weighted by molar-refractivity contribution is 5.69. The van der Waals surface area contributed by atoms with Gasteiger partial charge in [-0.1, -0.05) is 101 Å². The molecule has 0 aromatic rings. The molecule has 0 fully saturated rings. The normalized spacial score (nSPS) is 12.3. The summed E-state index contributed by atoms with van der Waals surface area (Å²) in [5, 5.41) is 3.12. The molecule has 0 bridgehead atoms. The van der Waals surface area contributed by atoms with Gasteiger partial charge in [-0.2, -0.15) is 0 Å². The highest BCUT2D eigenvalue weighted by Crippen LogP contribution is 2.17. The minimum absolute atomic E-state index is 0.0138. The van der Waals surface area contributed by atoms with Crippen LogP contribution in [-0.2, 0) is 9.53 Å². The number of rotatable bonds is 35. The Balaban J connectivity index is 3.98. The fourth-order valence-electron chi connectivity index (χ4n) is 5.55. The lowest BCUT2D eigenvalue weighted by atomic mass is 10.0. The van der Waals surface area contributed by atoms with E-state index in [1.165, 1.54) is 141 Å². The molecule has 0 heterocycles. The van der Waals surface area contributed by atoms with Gasteiger partial charge in [-0.25, -0.2) is 0 Å². The van der Waals surface area contributed by atoms with E-state index in [9.17, 15) is 4.79 Å². The third-order valence-electron chi connectivity index (χ3n) is 8.50. The van der Waals surface area contributed by atoms with Crippen LogP contribution in [-0.4, -0.2) is 25.7 Å². The summed E-state index contributed by atoms with van der Waals surface area (Å²) in [4.78, 5) is 12.4. The number of nitrogens with one attached hydrogen (secondary N) is 1. The molecule has 0 saturated heterocycles. The summed E-state index contributed by atoms with van der Waals surface area (Å²) in [6.07, 6.45) is 52.7. The zero-order valence-corrected chi connectivity index (χ0v) is 30.5. The minimum atomic E-state index is -0.0138. The second-order valence-corrected chi connectivity index (χ2v) is 13.0. The number of allylic oxidation sites excluding steroid dienone is 8. The molecule has 0 spiro atoms. The van der Waals surface area contributed by atoms with Crippen molar-refractivity contribution in [2.24, 2.45) is 0 Å². The van der Waals surface area contributed by atoms with Gasteiger partial charge in [0.25, 0.3) is 0 Å². The van der Waals surface area contributed by atoms with Gasteiger partial charge in [0.15, 0.2) is 0 Å². The molecule has 0 aromatic heterocycles. The first-order valence-corrected chi connectivity index (χ1v) is 19.7. The van der Waals surface area contributed by atoms with Gasteiger partial charge in [0, 0.05) is 6.42 Å². The molecular weight excluding hydrogens is 550 g/mol. The van der Waals surface area contributed by atoms with Crippen molar-refractivity contribution in [3.05, 3.63) is 48.6 Å². The summed E-state index contributed by atoms with van der Waals surface area (Å²) >= 11 is 0. The van der Waals surface area contributed by atoms with Crippen LogP contribution >= 0.6 is 0 Å². The van der Waals surface area contributed by atoms with E-state index in [-0.39, 0.29) is 12.1 Å². The van der Waals surface area contributed by atoms with Crippen molar-refractivity contribution in [2.75, 3.05) is 13.6 Å². The highest BCUT2D eigenvalue weighted by atomic mass is 16.5. The molecule has 0 aliphatic rings. The smallest absolute Gasteiger partial charge is 0.306 e. The number of carbonyl (C=O) groups is 1. The van der Waals surface area contributed by atoms with Crippen molar-refractivity contribution < 1.29 is 9.53 Å². The van der Waals surface area contributed by atoms with Crippen LogP contribution in [0.3, 0.4) is 0 Å². The maximum atomic E-state index is 12.4. The van der Waals surface area contributed by atoms with E-state index in [1.54, 1.807) is 0 Å². The maximum Gasteiger partial charge on any atom is 0.306 e. The van der Waals surface area contributed by atoms with Gasteiger partial charge < -0.3 is 10.1 Å². The molecule has 1 N–H and O–H groups in total. The summed E-state index contributed by atoms with van der Waals surface area (Å²) in [6, 6.07) is 0. The highest BCUT2D eigenvalue weighted by Gasteiger charge is 2.14. The predicted molar refractivity (Wildman–Crippen MR) is 201 cm³/mol. The molecule has 3 nitrogen and oxygen atoms in total. The first-order chi connectivity index (χ1) is 22.2. The second kappa shape index (κ2) is 38.6. The van der Waals surface area contributed by atoms with E-state index in [1.807, 2.05) is 7.05 Å². The molecule has 0 amide bonds. The topological polar surface area (TPSA) is 38.3 Å². The Kier molecular flexibility index (Phi) is 37.2. The molecule has 0 atom stereocenters. The predicted octanol–water partition coefficient (Wildman–Crippen LogP) is 13.3. The SMILES string of the molecule is CCCCC/C=C\CCCC/C=C\CCCCCC(CCCCC/C=C\CCCC/C=C\CCCCC)OC(=O)CCCNC. The third-order valence-corrected chi connectivity index (χ3v) is 8.50. The quantitative estimate of drug-likeness (QED) is 0.0431. The Labute approximate surface area is 282 Å². The molecule has 262 valence electrons. The first kappa shape index (κ1) is 43.4. The summed E-state index contributed by atoms with van der Waals surface area (Å²) in [6.45, 7) is 5.40. The van der Waals surface area contributed by atoms with E-state index in [0.29, 0.717) is 6.42 Å². The zero-order valence-electron chi connectivity index (χ0n) is 30.5. The van der Waals surface area contributed by atoms with Gasteiger partial charge in [-0.3, -0.25) is 4.79 Å². The van der Waals surface area contributed by atoms with Gasteiger partial charge in [-0.05, 0) is 148 Å². The molecule has 45 heavy (non-hydrogen) atoms. The van der Waals surface area contributed by atoms with Crippen LogP contribution in [0.25, 0.3) is 0 Å². The van der Waals surface area contributed by atoms with E-state index in [2.05, 4.69) is 67.8 Å². The number of hydrogen-bond acceptors (Lipinski definition) is 3. The van der Waals surface area contributed by atoms with E-state index in [4.69, 9.17) is 4.74 Å².